The van der Waals surface area contributed by atoms with Crippen LogP contribution in [0, 0.1) is 62.0 Å². The van der Waals surface area contributed by atoms with Crippen molar-refractivity contribution in [2.24, 2.45) is 56.2 Å². The Bertz CT molecular complexity index is 1880. The molecule has 0 spiro atoms. The summed E-state index contributed by atoms with van der Waals surface area (Å²) in [6, 6.07) is 5.81. The van der Waals surface area contributed by atoms with E-state index in [2.05, 4.69) is 58.7 Å². The van der Waals surface area contributed by atoms with E-state index in [-0.39, 0.29) is 75.8 Å². The minimum absolute atomic E-state index is 0.0000284. The Kier molecular flexibility index (Phi) is 9.22. The van der Waals surface area contributed by atoms with E-state index in [1.807, 2.05) is 0 Å². The van der Waals surface area contributed by atoms with Crippen LogP contribution >= 0.6 is 0 Å². The number of carboxylic acids is 1. The molecule has 0 amide bonds. The van der Waals surface area contributed by atoms with Crippen LogP contribution in [0.5, 0.6) is 0 Å². The second-order valence-electron chi connectivity index (χ2n) is 19.9. The molecule has 0 aliphatic heterocycles. The Morgan fingerprint density at radius 1 is 0.944 bits per heavy atom. The molecule has 9 atom stereocenters. The average molecular weight is 747 g/mol. The van der Waals surface area contributed by atoms with Crippen LogP contribution in [0.3, 0.4) is 0 Å². The molecule has 1 aromatic carbocycles. The number of ketones is 1. The van der Waals surface area contributed by atoms with Gasteiger partial charge in [0.1, 0.15) is 18.0 Å². The van der Waals surface area contributed by atoms with Gasteiger partial charge in [-0.1, -0.05) is 48.5 Å². The Morgan fingerprint density at radius 3 is 2.28 bits per heavy atom. The molecule has 5 aliphatic rings. The maximum absolute atomic E-state index is 14.1. The molecule has 7 rings (SSSR count). The lowest BCUT2D eigenvalue weighted by atomic mass is 9.33. The molecule has 0 bridgehead atoms. The zero-order chi connectivity index (χ0) is 39.4. The number of hydrogen-bond acceptors (Lipinski definition) is 8. The van der Waals surface area contributed by atoms with E-state index in [0.29, 0.717) is 23.8 Å². The molecule has 2 aromatic rings. The maximum atomic E-state index is 14.1. The third kappa shape index (κ3) is 5.57. The van der Waals surface area contributed by atoms with Gasteiger partial charge in [0.25, 0.3) is 0 Å². The van der Waals surface area contributed by atoms with Crippen LogP contribution in [-0.2, 0) is 19.1 Å². The Morgan fingerprint density at radius 2 is 1.63 bits per heavy atom. The van der Waals surface area contributed by atoms with Gasteiger partial charge in [-0.25, -0.2) is 4.39 Å². The summed E-state index contributed by atoms with van der Waals surface area (Å²) in [5.41, 5.74) is 0.0540. The first-order valence-corrected chi connectivity index (χ1v) is 20.1. The molecule has 0 unspecified atom stereocenters. The maximum Gasteiger partial charge on any atom is 0.309 e. The molecule has 4 fully saturated rings. The van der Waals surface area contributed by atoms with Crippen molar-refractivity contribution in [3.05, 3.63) is 47.1 Å². The van der Waals surface area contributed by atoms with Gasteiger partial charge >= 0.3 is 11.9 Å². The van der Waals surface area contributed by atoms with E-state index in [9.17, 15) is 29.0 Å². The largest absolute Gasteiger partial charge is 0.481 e. The lowest BCUT2D eigenvalue weighted by Gasteiger charge is -2.72. The lowest BCUT2D eigenvalue weighted by Crippen LogP contribution is -2.66. The number of aliphatic hydroxyl groups is 1. The SMILES string of the molecule is CC(C)C1=C2[C@H]3CC[C@@H]4[C@@]5(C)CC[C@H](OC(=O)CC(C)(C)C(=O)O)C(C)(C)[C@@H]5CC[C@@]4(C)[C@]3(C)CC[C@@]2([C@@H](O)c2nnc(-c3ccc(F)cc3)o2)CC1=O. The lowest BCUT2D eigenvalue weighted by molar-refractivity contribution is -0.235. The molecule has 1 heterocycles. The van der Waals surface area contributed by atoms with Gasteiger partial charge in [0.05, 0.1) is 11.8 Å². The van der Waals surface area contributed by atoms with E-state index in [4.69, 9.17) is 9.15 Å². The smallest absolute Gasteiger partial charge is 0.309 e. The fourth-order valence-corrected chi connectivity index (χ4v) is 13.1. The summed E-state index contributed by atoms with van der Waals surface area (Å²) in [7, 11) is 0. The summed E-state index contributed by atoms with van der Waals surface area (Å²) in [5.74, 6) is -0.592. The Labute approximate surface area is 318 Å². The van der Waals surface area contributed by atoms with E-state index in [0.717, 1.165) is 56.1 Å². The van der Waals surface area contributed by atoms with Crippen LogP contribution in [0.15, 0.2) is 39.8 Å². The summed E-state index contributed by atoms with van der Waals surface area (Å²) in [6.45, 7) is 19.2. The summed E-state index contributed by atoms with van der Waals surface area (Å²) in [5, 5.41) is 30.5. The highest BCUT2D eigenvalue weighted by molar-refractivity contribution is 6.00. The van der Waals surface area contributed by atoms with Crippen molar-refractivity contribution >= 4 is 17.7 Å². The number of esters is 1. The third-order valence-corrected chi connectivity index (χ3v) is 16.2. The van der Waals surface area contributed by atoms with Crippen molar-refractivity contribution in [2.75, 3.05) is 0 Å². The highest BCUT2D eigenvalue weighted by Crippen LogP contribution is 2.77. The molecule has 2 N–H and O–H groups in total. The fraction of sp³-hybridized carbons (Fsp3) is 0.705. The number of carboxylic acid groups (broad SMARTS) is 1. The van der Waals surface area contributed by atoms with Crippen molar-refractivity contribution in [1.82, 2.24) is 10.2 Å². The number of rotatable bonds is 8. The number of carbonyl (C=O) groups is 3. The number of carbonyl (C=O) groups excluding carboxylic acids is 2. The molecule has 5 aliphatic carbocycles. The molecule has 9 nitrogen and oxygen atoms in total. The molecule has 54 heavy (non-hydrogen) atoms. The number of allylic oxidation sites excluding steroid dienone is 1. The molecule has 294 valence electrons. The van der Waals surface area contributed by atoms with Gasteiger partial charge in [-0.2, -0.15) is 0 Å². The normalized spacial score (nSPS) is 36.6. The zero-order valence-corrected chi connectivity index (χ0v) is 33.6. The minimum Gasteiger partial charge on any atom is -0.481 e. The van der Waals surface area contributed by atoms with Gasteiger partial charge in [0.2, 0.25) is 11.8 Å². The molecule has 4 saturated carbocycles. The van der Waals surface area contributed by atoms with Crippen molar-refractivity contribution < 1.29 is 38.1 Å². The van der Waals surface area contributed by atoms with E-state index in [1.165, 1.54) is 12.1 Å². The number of aliphatic carboxylic acids is 1. The number of aliphatic hydroxyl groups excluding tert-OH is 1. The van der Waals surface area contributed by atoms with E-state index in [1.54, 1.807) is 26.0 Å². The number of halogens is 1. The molecular formula is C44H59FN2O7. The number of nitrogens with zero attached hydrogens (tertiary/aromatic N) is 2. The highest BCUT2D eigenvalue weighted by atomic mass is 19.1. The highest BCUT2D eigenvalue weighted by Gasteiger charge is 2.71. The van der Waals surface area contributed by atoms with Crippen LogP contribution in [0.25, 0.3) is 11.5 Å². The molecule has 0 radical (unpaired) electrons. The van der Waals surface area contributed by atoms with Crippen LogP contribution in [0.1, 0.15) is 139 Å². The van der Waals surface area contributed by atoms with E-state index < -0.39 is 28.9 Å². The number of ether oxygens (including phenoxy) is 1. The van der Waals surface area contributed by atoms with Gasteiger partial charge in [-0.05, 0) is 141 Å². The zero-order valence-electron chi connectivity index (χ0n) is 33.6. The molecule has 10 heteroatoms. The first-order chi connectivity index (χ1) is 25.1. The second kappa shape index (κ2) is 12.8. The summed E-state index contributed by atoms with van der Waals surface area (Å²) >= 11 is 0. The van der Waals surface area contributed by atoms with Crippen molar-refractivity contribution in [1.29, 1.82) is 0 Å². The number of hydrogen-bond donors (Lipinski definition) is 2. The van der Waals surface area contributed by atoms with Gasteiger partial charge in [-0.3, -0.25) is 14.4 Å². The van der Waals surface area contributed by atoms with Crippen molar-refractivity contribution in [2.45, 2.75) is 139 Å². The van der Waals surface area contributed by atoms with Gasteiger partial charge in [-0.15, -0.1) is 10.2 Å². The van der Waals surface area contributed by atoms with Gasteiger partial charge in [0, 0.05) is 22.8 Å². The fourth-order valence-electron chi connectivity index (χ4n) is 13.1. The summed E-state index contributed by atoms with van der Waals surface area (Å²) in [6.07, 6.45) is 5.69. The molecular weight excluding hydrogens is 687 g/mol. The predicted molar refractivity (Wildman–Crippen MR) is 200 cm³/mol. The number of benzene rings is 1. The Balaban J connectivity index is 1.19. The predicted octanol–water partition coefficient (Wildman–Crippen LogP) is 9.30. The quantitative estimate of drug-likeness (QED) is 0.253. The number of aromatic nitrogens is 2. The van der Waals surface area contributed by atoms with Crippen LogP contribution in [-0.4, -0.2) is 44.2 Å². The molecule has 1 aromatic heterocycles. The summed E-state index contributed by atoms with van der Waals surface area (Å²) < 4.78 is 25.9. The topological polar surface area (TPSA) is 140 Å². The number of fused-ring (bicyclic) bond motifs is 7. The standard InChI is InChI=1S/C44H59FN2O7/c1-24(2)33-28(48)22-44(35(50)37-47-46-36(54-37)25-10-12-26(45)13-11-25)21-20-42(8)27(34(33)44)14-15-30-41(7)18-17-31(53-32(49)23-39(3,4)38(51)52)40(5,6)29(41)16-19-43(30,42)9/h10-13,24,27,29-31,35,50H,14-23H2,1-9H3,(H,51,52)/t27-,29+,30-,31+,35+,41+,42-,43-,44-/m1/s1. The van der Waals surface area contributed by atoms with Crippen LogP contribution in [0.2, 0.25) is 0 Å². The van der Waals surface area contributed by atoms with Gasteiger partial charge < -0.3 is 19.4 Å². The third-order valence-electron chi connectivity index (χ3n) is 16.2. The Hall–Kier alpha value is -3.40. The average Bonchev–Trinajstić information content (AvgIpc) is 3.69. The summed E-state index contributed by atoms with van der Waals surface area (Å²) in [4.78, 5) is 39.0. The monoisotopic (exact) mass is 746 g/mol. The second-order valence-corrected chi connectivity index (χ2v) is 19.9. The van der Waals surface area contributed by atoms with Gasteiger partial charge in [0.15, 0.2) is 5.78 Å². The van der Waals surface area contributed by atoms with Crippen molar-refractivity contribution in [3.63, 3.8) is 0 Å². The first-order valence-electron chi connectivity index (χ1n) is 20.1. The van der Waals surface area contributed by atoms with E-state index >= 15 is 0 Å². The molecule has 0 saturated heterocycles. The number of Topliss-reactive ketones (excluding diaryl/α,β-unsaturated/α-hetero) is 1. The van der Waals surface area contributed by atoms with Crippen LogP contribution in [0.4, 0.5) is 4.39 Å². The first kappa shape index (κ1) is 38.9. The minimum atomic E-state index is -1.19. The van der Waals surface area contributed by atoms with Crippen LogP contribution < -0.4 is 0 Å². The van der Waals surface area contributed by atoms with Crippen molar-refractivity contribution in [3.8, 4) is 11.5 Å².